The van der Waals surface area contributed by atoms with Crippen LogP contribution in [0.3, 0.4) is 0 Å². The quantitative estimate of drug-likeness (QED) is 0.722. The van der Waals surface area contributed by atoms with Crippen LogP contribution in [0.2, 0.25) is 0 Å². The first kappa shape index (κ1) is 10.8. The first-order chi connectivity index (χ1) is 8.15. The minimum absolute atomic E-state index is 0.778. The van der Waals surface area contributed by atoms with Gasteiger partial charge in [-0.2, -0.15) is 0 Å². The molecule has 1 aliphatic heterocycles. The molecule has 0 unspecified atom stereocenters. The summed E-state index contributed by atoms with van der Waals surface area (Å²) < 4.78 is 5.81. The van der Waals surface area contributed by atoms with E-state index in [1.165, 1.54) is 0 Å². The average molecular weight is 244 g/mol. The molecule has 0 radical (unpaired) electrons. The van der Waals surface area contributed by atoms with Crippen LogP contribution in [0, 0.1) is 13.8 Å². The SMILES string of the molecule is Cc1ccc2c(c1)P(O)c1cc(C)ccc1O2. The number of benzene rings is 2. The third kappa shape index (κ3) is 1.74. The largest absolute Gasteiger partial charge is 0.456 e. The van der Waals surface area contributed by atoms with Gasteiger partial charge < -0.3 is 9.63 Å². The minimum Gasteiger partial charge on any atom is -0.456 e. The van der Waals surface area contributed by atoms with E-state index in [1.807, 2.05) is 50.2 Å². The topological polar surface area (TPSA) is 29.5 Å². The fourth-order valence-electron chi connectivity index (χ4n) is 2.01. The molecule has 2 aromatic rings. The molecule has 3 heteroatoms. The first-order valence-corrected chi connectivity index (χ1v) is 6.83. The van der Waals surface area contributed by atoms with Gasteiger partial charge in [0.25, 0.3) is 0 Å². The number of hydrogen-bond donors (Lipinski definition) is 1. The van der Waals surface area contributed by atoms with Crippen LogP contribution in [0.15, 0.2) is 36.4 Å². The molecule has 0 fully saturated rings. The second-order valence-corrected chi connectivity index (χ2v) is 5.94. The first-order valence-electron chi connectivity index (χ1n) is 5.53. The molecule has 2 aromatic carbocycles. The van der Waals surface area contributed by atoms with Crippen molar-refractivity contribution in [2.24, 2.45) is 0 Å². The Bertz CT molecular complexity index is 541. The summed E-state index contributed by atoms with van der Waals surface area (Å²) in [5.41, 5.74) is 2.29. The van der Waals surface area contributed by atoms with Gasteiger partial charge >= 0.3 is 0 Å². The van der Waals surface area contributed by atoms with Gasteiger partial charge in [0.1, 0.15) is 11.5 Å². The molecule has 1 N–H and O–H groups in total. The Morgan fingerprint density at radius 2 is 1.35 bits per heavy atom. The molecule has 0 spiro atoms. The van der Waals surface area contributed by atoms with Gasteiger partial charge in [0.15, 0.2) is 0 Å². The van der Waals surface area contributed by atoms with Crippen molar-refractivity contribution in [2.75, 3.05) is 0 Å². The van der Waals surface area contributed by atoms with Crippen molar-refractivity contribution < 1.29 is 9.63 Å². The molecule has 0 aliphatic carbocycles. The molecule has 1 heterocycles. The molecule has 0 saturated heterocycles. The fraction of sp³-hybridized carbons (Fsp3) is 0.143. The van der Waals surface area contributed by atoms with Gasteiger partial charge in [0, 0.05) is 10.6 Å². The van der Waals surface area contributed by atoms with Gasteiger partial charge in [0.2, 0.25) is 0 Å². The second-order valence-electron chi connectivity index (χ2n) is 4.36. The Labute approximate surface area is 102 Å². The Kier molecular flexibility index (Phi) is 2.43. The highest BCUT2D eigenvalue weighted by Crippen LogP contribution is 2.42. The van der Waals surface area contributed by atoms with Crippen LogP contribution >= 0.6 is 8.15 Å². The van der Waals surface area contributed by atoms with Gasteiger partial charge in [-0.15, -0.1) is 0 Å². The third-order valence-electron chi connectivity index (χ3n) is 2.91. The molecule has 2 nitrogen and oxygen atoms in total. The van der Waals surface area contributed by atoms with Crippen molar-refractivity contribution in [3.63, 3.8) is 0 Å². The fourth-order valence-corrected chi connectivity index (χ4v) is 3.58. The van der Waals surface area contributed by atoms with E-state index in [0.717, 1.165) is 33.2 Å². The zero-order valence-electron chi connectivity index (χ0n) is 9.77. The van der Waals surface area contributed by atoms with E-state index in [-0.39, 0.29) is 0 Å². The maximum absolute atomic E-state index is 10.4. The minimum atomic E-state index is -1.28. The van der Waals surface area contributed by atoms with E-state index in [4.69, 9.17) is 4.74 Å². The van der Waals surface area contributed by atoms with E-state index in [1.54, 1.807) is 0 Å². The molecule has 3 rings (SSSR count). The zero-order valence-corrected chi connectivity index (χ0v) is 10.7. The molecule has 86 valence electrons. The predicted octanol–water partition coefficient (Wildman–Crippen LogP) is 2.75. The summed E-state index contributed by atoms with van der Waals surface area (Å²) >= 11 is 0. The van der Waals surface area contributed by atoms with Crippen molar-refractivity contribution in [2.45, 2.75) is 13.8 Å². The third-order valence-corrected chi connectivity index (χ3v) is 4.52. The standard InChI is InChI=1S/C14H13O2P/c1-9-3-5-11-13(7-9)17(15)14-8-10(2)4-6-12(14)16-11/h3-8,15H,1-2H3. The van der Waals surface area contributed by atoms with E-state index in [0.29, 0.717) is 0 Å². The monoisotopic (exact) mass is 244 g/mol. The van der Waals surface area contributed by atoms with E-state index >= 15 is 0 Å². The van der Waals surface area contributed by atoms with Gasteiger partial charge in [-0.25, -0.2) is 0 Å². The van der Waals surface area contributed by atoms with Crippen molar-refractivity contribution in [3.05, 3.63) is 47.5 Å². The lowest BCUT2D eigenvalue weighted by atomic mass is 10.2. The van der Waals surface area contributed by atoms with E-state index in [9.17, 15) is 4.89 Å². The van der Waals surface area contributed by atoms with Gasteiger partial charge in [0.05, 0.1) is 8.15 Å². The number of rotatable bonds is 0. The maximum atomic E-state index is 10.4. The van der Waals surface area contributed by atoms with Crippen LogP contribution in [0.5, 0.6) is 11.5 Å². The second kappa shape index (κ2) is 3.83. The Balaban J connectivity index is 2.18. The molecular formula is C14H13O2P. The molecule has 0 atom stereocenters. The van der Waals surface area contributed by atoms with E-state index in [2.05, 4.69) is 0 Å². The van der Waals surface area contributed by atoms with Crippen LogP contribution in [0.1, 0.15) is 11.1 Å². The molecule has 0 saturated carbocycles. The van der Waals surface area contributed by atoms with Crippen LogP contribution < -0.4 is 15.3 Å². The Hall–Kier alpha value is -1.37. The lowest BCUT2D eigenvalue weighted by Crippen LogP contribution is -2.21. The highest BCUT2D eigenvalue weighted by Gasteiger charge is 2.25. The Morgan fingerprint density at radius 1 is 0.882 bits per heavy atom. The number of ether oxygens (including phenoxy) is 1. The van der Waals surface area contributed by atoms with Crippen LogP contribution in [0.25, 0.3) is 0 Å². The molecular weight excluding hydrogens is 231 g/mol. The highest BCUT2D eigenvalue weighted by molar-refractivity contribution is 7.68. The number of hydrogen-bond acceptors (Lipinski definition) is 2. The Morgan fingerprint density at radius 3 is 1.82 bits per heavy atom. The number of aryl methyl sites for hydroxylation is 2. The van der Waals surface area contributed by atoms with Gasteiger partial charge in [-0.1, -0.05) is 23.3 Å². The molecule has 17 heavy (non-hydrogen) atoms. The van der Waals surface area contributed by atoms with Crippen molar-refractivity contribution in [3.8, 4) is 11.5 Å². The zero-order chi connectivity index (χ0) is 12.0. The van der Waals surface area contributed by atoms with Crippen LogP contribution in [0.4, 0.5) is 0 Å². The van der Waals surface area contributed by atoms with Crippen LogP contribution in [-0.2, 0) is 0 Å². The normalized spacial score (nSPS) is 13.8. The van der Waals surface area contributed by atoms with Crippen molar-refractivity contribution in [1.29, 1.82) is 0 Å². The molecule has 1 aliphatic rings. The summed E-state index contributed by atoms with van der Waals surface area (Å²) in [5.74, 6) is 1.56. The van der Waals surface area contributed by atoms with Gasteiger partial charge in [-0.3, -0.25) is 0 Å². The summed E-state index contributed by atoms with van der Waals surface area (Å²) in [7, 11) is -1.28. The van der Waals surface area contributed by atoms with Crippen molar-refractivity contribution >= 4 is 18.8 Å². The van der Waals surface area contributed by atoms with Crippen LogP contribution in [-0.4, -0.2) is 4.89 Å². The lowest BCUT2D eigenvalue weighted by Gasteiger charge is -2.24. The smallest absolute Gasteiger partial charge is 0.137 e. The lowest BCUT2D eigenvalue weighted by molar-refractivity contribution is 0.484. The highest BCUT2D eigenvalue weighted by atomic mass is 31.1. The summed E-state index contributed by atoms with van der Waals surface area (Å²) in [5, 5.41) is 1.83. The summed E-state index contributed by atoms with van der Waals surface area (Å²) in [6, 6.07) is 11.9. The molecule has 0 aromatic heterocycles. The van der Waals surface area contributed by atoms with Gasteiger partial charge in [-0.05, 0) is 38.1 Å². The summed E-state index contributed by atoms with van der Waals surface area (Å²) in [4.78, 5) is 10.4. The predicted molar refractivity (Wildman–Crippen MR) is 70.8 cm³/mol. The van der Waals surface area contributed by atoms with E-state index < -0.39 is 8.15 Å². The molecule has 0 bridgehead atoms. The summed E-state index contributed by atoms with van der Waals surface area (Å²) in [6.45, 7) is 4.05. The molecule has 0 amide bonds. The maximum Gasteiger partial charge on any atom is 0.137 e. The summed E-state index contributed by atoms with van der Waals surface area (Å²) in [6.07, 6.45) is 0. The number of fused-ring (bicyclic) bond motifs is 2. The average Bonchev–Trinajstić information content (AvgIpc) is 2.32. The van der Waals surface area contributed by atoms with Crippen molar-refractivity contribution in [1.82, 2.24) is 0 Å².